The van der Waals surface area contributed by atoms with Gasteiger partial charge in [-0.3, -0.25) is 4.79 Å². The fourth-order valence-electron chi connectivity index (χ4n) is 2.20. The Morgan fingerprint density at radius 2 is 2.07 bits per heavy atom. The SMILES string of the molecule is CC(C1CC1)N(C)C(=O)C1(N)CCC1. The summed E-state index contributed by atoms with van der Waals surface area (Å²) < 4.78 is 0. The molecule has 0 aromatic heterocycles. The van der Waals surface area contributed by atoms with Gasteiger partial charge >= 0.3 is 0 Å². The van der Waals surface area contributed by atoms with Gasteiger partial charge in [0.05, 0.1) is 5.54 Å². The van der Waals surface area contributed by atoms with Crippen molar-refractivity contribution in [1.29, 1.82) is 0 Å². The van der Waals surface area contributed by atoms with E-state index in [1.165, 1.54) is 12.8 Å². The Morgan fingerprint density at radius 1 is 1.50 bits per heavy atom. The van der Waals surface area contributed by atoms with Crippen LogP contribution >= 0.6 is 0 Å². The molecule has 3 nitrogen and oxygen atoms in total. The zero-order chi connectivity index (χ0) is 10.3. The van der Waals surface area contributed by atoms with Crippen molar-refractivity contribution in [3.05, 3.63) is 0 Å². The lowest BCUT2D eigenvalue weighted by Gasteiger charge is -2.41. The molecule has 0 saturated heterocycles. The lowest BCUT2D eigenvalue weighted by atomic mass is 9.76. The summed E-state index contributed by atoms with van der Waals surface area (Å²) >= 11 is 0. The third-order valence-electron chi connectivity index (χ3n) is 3.91. The van der Waals surface area contributed by atoms with Crippen LogP contribution in [-0.4, -0.2) is 29.4 Å². The van der Waals surface area contributed by atoms with Crippen LogP contribution in [0.4, 0.5) is 0 Å². The highest BCUT2D eigenvalue weighted by molar-refractivity contribution is 5.87. The predicted octanol–water partition coefficient (Wildman–Crippen LogP) is 1.12. The van der Waals surface area contributed by atoms with Gasteiger partial charge in [0.1, 0.15) is 0 Å². The zero-order valence-corrected chi connectivity index (χ0v) is 9.12. The lowest BCUT2D eigenvalue weighted by Crippen LogP contribution is -2.60. The number of rotatable bonds is 3. The quantitative estimate of drug-likeness (QED) is 0.735. The molecule has 14 heavy (non-hydrogen) atoms. The molecule has 1 unspecified atom stereocenters. The summed E-state index contributed by atoms with van der Waals surface area (Å²) in [5, 5.41) is 0. The van der Waals surface area contributed by atoms with Crippen LogP contribution in [0, 0.1) is 5.92 Å². The summed E-state index contributed by atoms with van der Waals surface area (Å²) in [6.07, 6.45) is 5.39. The van der Waals surface area contributed by atoms with E-state index < -0.39 is 5.54 Å². The van der Waals surface area contributed by atoms with Crippen molar-refractivity contribution in [3.8, 4) is 0 Å². The van der Waals surface area contributed by atoms with Gasteiger partial charge in [-0.2, -0.15) is 0 Å². The molecule has 2 fully saturated rings. The summed E-state index contributed by atoms with van der Waals surface area (Å²) in [6.45, 7) is 2.14. The molecule has 0 aromatic carbocycles. The van der Waals surface area contributed by atoms with Gasteiger partial charge in [0.15, 0.2) is 0 Å². The van der Waals surface area contributed by atoms with E-state index in [2.05, 4.69) is 6.92 Å². The van der Waals surface area contributed by atoms with Crippen LogP contribution in [0.1, 0.15) is 39.0 Å². The van der Waals surface area contributed by atoms with E-state index in [4.69, 9.17) is 5.73 Å². The van der Waals surface area contributed by atoms with Gasteiger partial charge in [-0.1, -0.05) is 0 Å². The summed E-state index contributed by atoms with van der Waals surface area (Å²) in [4.78, 5) is 13.9. The second kappa shape index (κ2) is 3.23. The normalized spacial score (nSPS) is 26.5. The number of carbonyl (C=O) groups is 1. The van der Waals surface area contributed by atoms with Crippen LogP contribution in [0.15, 0.2) is 0 Å². The predicted molar refractivity (Wildman–Crippen MR) is 55.7 cm³/mol. The number of hydrogen-bond donors (Lipinski definition) is 1. The zero-order valence-electron chi connectivity index (χ0n) is 9.12. The molecular formula is C11H20N2O. The number of nitrogens with two attached hydrogens (primary N) is 1. The molecule has 1 atom stereocenters. The number of likely N-dealkylation sites (N-methyl/N-ethyl adjacent to an activating group) is 1. The molecule has 0 heterocycles. The van der Waals surface area contributed by atoms with Crippen molar-refractivity contribution in [2.24, 2.45) is 11.7 Å². The standard InChI is InChI=1S/C11H20N2O/c1-8(9-4-5-9)13(2)10(14)11(12)6-3-7-11/h8-9H,3-7,12H2,1-2H3. The Labute approximate surface area is 85.6 Å². The third-order valence-corrected chi connectivity index (χ3v) is 3.91. The molecule has 0 radical (unpaired) electrons. The molecule has 3 heteroatoms. The topological polar surface area (TPSA) is 46.3 Å². The molecule has 2 rings (SSSR count). The maximum Gasteiger partial charge on any atom is 0.242 e. The minimum atomic E-state index is -0.516. The van der Waals surface area contributed by atoms with Gasteiger partial charge in [0, 0.05) is 13.1 Å². The minimum absolute atomic E-state index is 0.156. The fourth-order valence-corrected chi connectivity index (χ4v) is 2.20. The van der Waals surface area contributed by atoms with E-state index in [-0.39, 0.29) is 5.91 Å². The van der Waals surface area contributed by atoms with Gasteiger partial charge in [0.2, 0.25) is 5.91 Å². The fraction of sp³-hybridized carbons (Fsp3) is 0.909. The Kier molecular flexibility index (Phi) is 2.30. The molecule has 0 aliphatic heterocycles. The number of carbonyl (C=O) groups excluding carboxylic acids is 1. The Morgan fingerprint density at radius 3 is 2.43 bits per heavy atom. The Bertz CT molecular complexity index is 244. The molecule has 0 bridgehead atoms. The van der Waals surface area contributed by atoms with Gasteiger partial charge in [0.25, 0.3) is 0 Å². The third kappa shape index (κ3) is 1.54. The first-order chi connectivity index (χ1) is 6.54. The summed E-state index contributed by atoms with van der Waals surface area (Å²) in [6, 6.07) is 0.378. The average Bonchev–Trinajstić information content (AvgIpc) is 2.93. The van der Waals surface area contributed by atoms with Crippen molar-refractivity contribution < 1.29 is 4.79 Å². The molecule has 0 spiro atoms. The van der Waals surface area contributed by atoms with Crippen molar-refractivity contribution in [2.75, 3.05) is 7.05 Å². The van der Waals surface area contributed by atoms with Crippen LogP contribution in [0.5, 0.6) is 0 Å². The molecule has 2 N–H and O–H groups in total. The van der Waals surface area contributed by atoms with Crippen LogP contribution in [0.3, 0.4) is 0 Å². The average molecular weight is 196 g/mol. The van der Waals surface area contributed by atoms with E-state index in [1.54, 1.807) is 0 Å². The minimum Gasteiger partial charge on any atom is -0.341 e. The number of nitrogens with zero attached hydrogens (tertiary/aromatic N) is 1. The number of amides is 1. The smallest absolute Gasteiger partial charge is 0.242 e. The van der Waals surface area contributed by atoms with Crippen molar-refractivity contribution in [1.82, 2.24) is 4.90 Å². The van der Waals surface area contributed by atoms with Crippen molar-refractivity contribution in [2.45, 2.75) is 50.6 Å². The van der Waals surface area contributed by atoms with Crippen LogP contribution in [0.2, 0.25) is 0 Å². The molecular weight excluding hydrogens is 176 g/mol. The van der Waals surface area contributed by atoms with Crippen LogP contribution < -0.4 is 5.73 Å². The van der Waals surface area contributed by atoms with Crippen LogP contribution in [-0.2, 0) is 4.79 Å². The molecule has 0 aromatic rings. The first-order valence-electron chi connectivity index (χ1n) is 5.61. The van der Waals surface area contributed by atoms with E-state index in [1.807, 2.05) is 11.9 Å². The highest BCUT2D eigenvalue weighted by atomic mass is 16.2. The van der Waals surface area contributed by atoms with E-state index in [9.17, 15) is 4.79 Å². The highest BCUT2D eigenvalue weighted by Crippen LogP contribution is 2.37. The molecule has 80 valence electrons. The molecule has 2 aliphatic carbocycles. The highest BCUT2D eigenvalue weighted by Gasteiger charge is 2.44. The van der Waals surface area contributed by atoms with E-state index in [0.29, 0.717) is 6.04 Å². The second-order valence-corrected chi connectivity index (χ2v) is 5.00. The maximum absolute atomic E-state index is 12.0. The maximum atomic E-state index is 12.0. The lowest BCUT2D eigenvalue weighted by molar-refractivity contribution is -0.141. The molecule has 2 saturated carbocycles. The summed E-state index contributed by atoms with van der Waals surface area (Å²) in [7, 11) is 1.90. The summed E-state index contributed by atoms with van der Waals surface area (Å²) in [5.41, 5.74) is 5.50. The molecule has 1 amide bonds. The van der Waals surface area contributed by atoms with Gasteiger partial charge < -0.3 is 10.6 Å². The summed E-state index contributed by atoms with van der Waals surface area (Å²) in [5.74, 6) is 0.885. The monoisotopic (exact) mass is 196 g/mol. The van der Waals surface area contributed by atoms with E-state index in [0.717, 1.165) is 25.2 Å². The first kappa shape index (κ1) is 9.97. The van der Waals surface area contributed by atoms with Gasteiger partial charge in [-0.15, -0.1) is 0 Å². The number of hydrogen-bond acceptors (Lipinski definition) is 2. The second-order valence-electron chi connectivity index (χ2n) is 5.00. The van der Waals surface area contributed by atoms with E-state index >= 15 is 0 Å². The van der Waals surface area contributed by atoms with Crippen LogP contribution in [0.25, 0.3) is 0 Å². The Hall–Kier alpha value is -0.570. The molecule has 2 aliphatic rings. The van der Waals surface area contributed by atoms with Crippen molar-refractivity contribution >= 4 is 5.91 Å². The largest absolute Gasteiger partial charge is 0.341 e. The Balaban J connectivity index is 1.95. The van der Waals surface area contributed by atoms with Gasteiger partial charge in [-0.25, -0.2) is 0 Å². The van der Waals surface area contributed by atoms with Gasteiger partial charge in [-0.05, 0) is 44.9 Å². The first-order valence-corrected chi connectivity index (χ1v) is 5.61. The van der Waals surface area contributed by atoms with Crippen molar-refractivity contribution in [3.63, 3.8) is 0 Å².